The smallest absolute Gasteiger partial charge is 0.319 e. The third-order valence-electron chi connectivity index (χ3n) is 2.41. The van der Waals surface area contributed by atoms with E-state index in [9.17, 15) is 9.18 Å². The molecule has 1 rings (SSSR count). The van der Waals surface area contributed by atoms with E-state index in [1.54, 1.807) is 0 Å². The van der Waals surface area contributed by atoms with Crippen molar-refractivity contribution in [2.45, 2.75) is 26.3 Å². The molecule has 4 nitrogen and oxygen atoms in total. The lowest BCUT2D eigenvalue weighted by atomic mass is 10.0. The molecule has 1 unspecified atom stereocenters. The molecule has 2 amide bonds. The Labute approximate surface area is 106 Å². The molecule has 0 radical (unpaired) electrons. The Bertz CT molecular complexity index is 379. The highest BCUT2D eigenvalue weighted by atomic mass is 19.1. The monoisotopic (exact) mass is 254 g/mol. The van der Waals surface area contributed by atoms with Crippen LogP contribution in [0.25, 0.3) is 0 Å². The second-order valence-corrected chi connectivity index (χ2v) is 4.61. The molecule has 0 spiro atoms. The first kappa shape index (κ1) is 14.4. The molecular weight excluding hydrogens is 235 g/mol. The van der Waals surface area contributed by atoms with Gasteiger partial charge in [-0.2, -0.15) is 0 Å². The highest BCUT2D eigenvalue weighted by molar-refractivity contribution is 5.89. The zero-order valence-electron chi connectivity index (χ0n) is 10.6. The number of anilines is 1. The van der Waals surface area contributed by atoms with E-state index in [1.165, 1.54) is 24.3 Å². The molecule has 1 aromatic carbocycles. The van der Waals surface area contributed by atoms with E-state index >= 15 is 0 Å². The summed E-state index contributed by atoms with van der Waals surface area (Å²) >= 11 is 0. The minimum absolute atomic E-state index is 0.102. The average Bonchev–Trinajstić information content (AvgIpc) is 2.30. The third kappa shape index (κ3) is 5.14. The molecule has 0 saturated carbocycles. The second kappa shape index (κ2) is 6.96. The summed E-state index contributed by atoms with van der Waals surface area (Å²) in [6.07, 6.45) is 0.702. The van der Waals surface area contributed by atoms with Crippen LogP contribution in [0.1, 0.15) is 20.3 Å². The molecule has 3 N–H and O–H groups in total. The molecular formula is C13H19FN2O2. The van der Waals surface area contributed by atoms with E-state index in [4.69, 9.17) is 5.11 Å². The normalized spacial score (nSPS) is 12.3. The van der Waals surface area contributed by atoms with Crippen LogP contribution in [0.5, 0.6) is 0 Å². The van der Waals surface area contributed by atoms with Gasteiger partial charge in [0.2, 0.25) is 0 Å². The van der Waals surface area contributed by atoms with Gasteiger partial charge in [-0.25, -0.2) is 9.18 Å². The summed E-state index contributed by atoms with van der Waals surface area (Å²) in [5.41, 5.74) is 0.509. The molecule has 0 aliphatic rings. The Kier molecular flexibility index (Phi) is 5.58. The Hall–Kier alpha value is -1.62. The van der Waals surface area contributed by atoms with Gasteiger partial charge in [0.1, 0.15) is 5.82 Å². The van der Waals surface area contributed by atoms with Crippen LogP contribution in [0, 0.1) is 11.7 Å². The van der Waals surface area contributed by atoms with Crippen molar-refractivity contribution in [1.82, 2.24) is 5.32 Å². The summed E-state index contributed by atoms with van der Waals surface area (Å²) < 4.78 is 12.7. The quantitative estimate of drug-likeness (QED) is 0.755. The molecule has 0 bridgehead atoms. The topological polar surface area (TPSA) is 61.4 Å². The number of aliphatic hydroxyl groups is 1. The van der Waals surface area contributed by atoms with Gasteiger partial charge in [-0.05, 0) is 36.6 Å². The van der Waals surface area contributed by atoms with Gasteiger partial charge in [0, 0.05) is 5.69 Å². The van der Waals surface area contributed by atoms with Crippen molar-refractivity contribution in [2.24, 2.45) is 5.92 Å². The number of urea groups is 1. The maximum Gasteiger partial charge on any atom is 0.319 e. The van der Waals surface area contributed by atoms with Crippen LogP contribution in [0.3, 0.4) is 0 Å². The third-order valence-corrected chi connectivity index (χ3v) is 2.41. The van der Waals surface area contributed by atoms with Crippen LogP contribution in [0.2, 0.25) is 0 Å². The van der Waals surface area contributed by atoms with Crippen molar-refractivity contribution < 1.29 is 14.3 Å². The average molecular weight is 254 g/mol. The molecule has 0 aromatic heterocycles. The van der Waals surface area contributed by atoms with Crippen LogP contribution in [-0.4, -0.2) is 23.8 Å². The predicted molar refractivity (Wildman–Crippen MR) is 68.9 cm³/mol. The first-order chi connectivity index (χ1) is 8.51. The fourth-order valence-corrected chi connectivity index (χ4v) is 1.63. The van der Waals surface area contributed by atoms with Crippen LogP contribution < -0.4 is 10.6 Å². The van der Waals surface area contributed by atoms with Crippen molar-refractivity contribution in [3.8, 4) is 0 Å². The number of benzene rings is 1. The van der Waals surface area contributed by atoms with Gasteiger partial charge < -0.3 is 15.7 Å². The highest BCUT2D eigenvalue weighted by Crippen LogP contribution is 2.09. The largest absolute Gasteiger partial charge is 0.394 e. The summed E-state index contributed by atoms with van der Waals surface area (Å²) in [7, 11) is 0. The lowest BCUT2D eigenvalue weighted by Gasteiger charge is -2.18. The van der Waals surface area contributed by atoms with E-state index in [0.717, 1.165) is 0 Å². The van der Waals surface area contributed by atoms with E-state index in [2.05, 4.69) is 10.6 Å². The van der Waals surface area contributed by atoms with Crippen molar-refractivity contribution in [3.05, 3.63) is 30.1 Å². The van der Waals surface area contributed by atoms with Gasteiger partial charge >= 0.3 is 6.03 Å². The maximum atomic E-state index is 12.7. The molecule has 0 fully saturated rings. The van der Waals surface area contributed by atoms with E-state index in [-0.39, 0.29) is 18.5 Å². The van der Waals surface area contributed by atoms with Crippen LogP contribution in [-0.2, 0) is 0 Å². The molecule has 0 saturated heterocycles. The van der Waals surface area contributed by atoms with Crippen LogP contribution in [0.15, 0.2) is 24.3 Å². The number of carbonyl (C=O) groups is 1. The van der Waals surface area contributed by atoms with E-state index in [0.29, 0.717) is 18.0 Å². The van der Waals surface area contributed by atoms with E-state index in [1.807, 2.05) is 13.8 Å². The van der Waals surface area contributed by atoms with Gasteiger partial charge in [-0.3, -0.25) is 0 Å². The summed E-state index contributed by atoms with van der Waals surface area (Å²) in [6.45, 7) is 3.93. The maximum absolute atomic E-state index is 12.7. The first-order valence-electron chi connectivity index (χ1n) is 5.95. The van der Waals surface area contributed by atoms with Gasteiger partial charge in [0.05, 0.1) is 12.6 Å². The number of halogens is 1. The number of carbonyl (C=O) groups excluding carboxylic acids is 1. The number of aliphatic hydroxyl groups excluding tert-OH is 1. The highest BCUT2D eigenvalue weighted by Gasteiger charge is 2.12. The molecule has 5 heteroatoms. The number of rotatable bonds is 5. The Morgan fingerprint density at radius 3 is 2.44 bits per heavy atom. The Balaban J connectivity index is 2.47. The Morgan fingerprint density at radius 2 is 1.94 bits per heavy atom. The number of hydrogen-bond donors (Lipinski definition) is 3. The minimum Gasteiger partial charge on any atom is -0.394 e. The van der Waals surface area contributed by atoms with Gasteiger partial charge in [0.15, 0.2) is 0 Å². The van der Waals surface area contributed by atoms with Gasteiger partial charge in [0.25, 0.3) is 0 Å². The van der Waals surface area contributed by atoms with E-state index < -0.39 is 6.03 Å². The summed E-state index contributed by atoms with van der Waals surface area (Å²) in [5, 5.41) is 14.4. The second-order valence-electron chi connectivity index (χ2n) is 4.61. The van der Waals surface area contributed by atoms with Crippen LogP contribution >= 0.6 is 0 Å². The summed E-state index contributed by atoms with van der Waals surface area (Å²) in [4.78, 5) is 11.6. The van der Waals surface area contributed by atoms with Crippen molar-refractivity contribution in [3.63, 3.8) is 0 Å². The SMILES string of the molecule is CC(C)CC(CO)NC(=O)Nc1ccc(F)cc1. The molecule has 100 valence electrons. The van der Waals surface area contributed by atoms with Crippen LogP contribution in [0.4, 0.5) is 14.9 Å². The van der Waals surface area contributed by atoms with Crippen molar-refractivity contribution in [2.75, 3.05) is 11.9 Å². The summed E-state index contributed by atoms with van der Waals surface area (Å²) in [5.74, 6) is 0.0299. The number of nitrogens with one attached hydrogen (secondary N) is 2. The molecule has 0 aliphatic heterocycles. The minimum atomic E-state index is -0.402. The predicted octanol–water partition coefficient (Wildman–Crippen LogP) is 2.35. The molecule has 0 aliphatic carbocycles. The number of amides is 2. The number of hydrogen-bond acceptors (Lipinski definition) is 2. The van der Waals surface area contributed by atoms with Gasteiger partial charge in [-0.1, -0.05) is 13.8 Å². The molecule has 0 heterocycles. The zero-order valence-corrected chi connectivity index (χ0v) is 10.6. The fourth-order valence-electron chi connectivity index (χ4n) is 1.63. The fraction of sp³-hybridized carbons (Fsp3) is 0.462. The molecule has 1 aromatic rings. The molecule has 18 heavy (non-hydrogen) atoms. The van der Waals surface area contributed by atoms with Crippen molar-refractivity contribution >= 4 is 11.7 Å². The standard InChI is InChI=1S/C13H19FN2O2/c1-9(2)7-12(8-17)16-13(18)15-11-5-3-10(14)4-6-11/h3-6,9,12,17H,7-8H2,1-2H3,(H2,15,16,18). The zero-order chi connectivity index (χ0) is 13.5. The van der Waals surface area contributed by atoms with Gasteiger partial charge in [-0.15, -0.1) is 0 Å². The lowest BCUT2D eigenvalue weighted by Crippen LogP contribution is -2.40. The lowest BCUT2D eigenvalue weighted by molar-refractivity contribution is 0.214. The first-order valence-corrected chi connectivity index (χ1v) is 5.95. The van der Waals surface area contributed by atoms with Crippen molar-refractivity contribution in [1.29, 1.82) is 0 Å². The Morgan fingerprint density at radius 1 is 1.33 bits per heavy atom. The summed E-state index contributed by atoms with van der Waals surface area (Å²) in [6, 6.07) is 4.82. The molecule has 1 atom stereocenters.